The van der Waals surface area contributed by atoms with E-state index in [1.54, 1.807) is 0 Å². The van der Waals surface area contributed by atoms with Gasteiger partial charge < -0.3 is 25.6 Å². The summed E-state index contributed by atoms with van der Waals surface area (Å²) < 4.78 is 5.54. The molecule has 1 unspecified atom stereocenters. The van der Waals surface area contributed by atoms with Crippen molar-refractivity contribution >= 4 is 17.3 Å². The first-order valence-electron chi connectivity index (χ1n) is 10.2. The van der Waals surface area contributed by atoms with Crippen molar-refractivity contribution in [2.24, 2.45) is 10.7 Å². The highest BCUT2D eigenvalue weighted by molar-refractivity contribution is 5.91. The molecule has 29 heavy (non-hydrogen) atoms. The van der Waals surface area contributed by atoms with Crippen molar-refractivity contribution in [3.8, 4) is 0 Å². The molecule has 1 aromatic heterocycles. The molecule has 2 fully saturated rings. The Morgan fingerprint density at radius 3 is 2.52 bits per heavy atom. The van der Waals surface area contributed by atoms with Crippen LogP contribution < -0.4 is 16.0 Å². The average Bonchev–Trinajstić information content (AvgIpc) is 3.24. The van der Waals surface area contributed by atoms with E-state index in [0.717, 1.165) is 62.1 Å². The van der Waals surface area contributed by atoms with Crippen molar-refractivity contribution in [2.75, 3.05) is 37.7 Å². The van der Waals surface area contributed by atoms with E-state index in [1.165, 1.54) is 11.3 Å². The summed E-state index contributed by atoms with van der Waals surface area (Å²) in [5, 5.41) is 3.70. The molecule has 3 aliphatic rings. The van der Waals surface area contributed by atoms with Gasteiger partial charge >= 0.3 is 0 Å². The summed E-state index contributed by atoms with van der Waals surface area (Å²) in [6.45, 7) is 4.67. The van der Waals surface area contributed by atoms with Crippen molar-refractivity contribution in [1.29, 1.82) is 0 Å². The summed E-state index contributed by atoms with van der Waals surface area (Å²) in [4.78, 5) is 14.0. The van der Waals surface area contributed by atoms with Gasteiger partial charge in [-0.15, -0.1) is 0 Å². The third kappa shape index (κ3) is 3.47. The monoisotopic (exact) mass is 390 g/mol. The number of nitrogens with one attached hydrogen (secondary N) is 1. The number of nitrogens with zero attached hydrogens (tertiary/aromatic N) is 4. The Kier molecular flexibility index (Phi) is 4.91. The van der Waals surface area contributed by atoms with E-state index in [-0.39, 0.29) is 6.17 Å². The molecule has 5 rings (SSSR count). The number of morpholine rings is 1. The van der Waals surface area contributed by atoms with Crippen LogP contribution in [0, 0.1) is 0 Å². The van der Waals surface area contributed by atoms with E-state index in [4.69, 9.17) is 15.5 Å². The fourth-order valence-corrected chi connectivity index (χ4v) is 4.24. The van der Waals surface area contributed by atoms with E-state index in [1.807, 2.05) is 12.4 Å². The number of aromatic nitrogens is 1. The minimum atomic E-state index is 0.0944. The van der Waals surface area contributed by atoms with Gasteiger partial charge in [-0.25, -0.2) is 4.99 Å². The number of nitrogens with two attached hydrogens (primary N) is 1. The molecule has 1 aromatic carbocycles. The molecule has 0 radical (unpaired) electrons. The number of hydrogen-bond acceptors (Lipinski definition) is 7. The summed E-state index contributed by atoms with van der Waals surface area (Å²) in [7, 11) is 0. The highest BCUT2D eigenvalue weighted by Gasteiger charge is 2.37. The summed E-state index contributed by atoms with van der Waals surface area (Å²) in [5.74, 6) is 0.931. The van der Waals surface area contributed by atoms with Crippen molar-refractivity contribution in [3.05, 3.63) is 65.5 Å². The molecule has 0 spiro atoms. The van der Waals surface area contributed by atoms with Crippen LogP contribution in [0.3, 0.4) is 0 Å². The van der Waals surface area contributed by atoms with Gasteiger partial charge in [-0.1, -0.05) is 24.3 Å². The minimum absolute atomic E-state index is 0.0944. The molecule has 7 nitrogen and oxygen atoms in total. The van der Waals surface area contributed by atoms with Gasteiger partial charge in [0, 0.05) is 55.4 Å². The zero-order chi connectivity index (χ0) is 19.6. The number of benzene rings is 1. The number of fused-ring (bicyclic) bond motifs is 1. The topological polar surface area (TPSA) is 79.0 Å². The second-order valence-corrected chi connectivity index (χ2v) is 7.51. The van der Waals surface area contributed by atoms with Crippen LogP contribution in [-0.2, 0) is 11.3 Å². The van der Waals surface area contributed by atoms with E-state index in [0.29, 0.717) is 6.54 Å². The number of rotatable bonds is 3. The number of guanidine groups is 1. The second-order valence-electron chi connectivity index (χ2n) is 7.51. The number of aliphatic imine (C=N–C) groups is 1. The van der Waals surface area contributed by atoms with Gasteiger partial charge in [0.25, 0.3) is 0 Å². The predicted octanol–water partition coefficient (Wildman–Crippen LogP) is 1.78. The SMILES string of the molecule is NCc1ccc(C2=C3CCN(c4ccncc4)C3NC(N3CCOCC3)=N2)cc1. The lowest BCUT2D eigenvalue weighted by molar-refractivity contribution is 0.0663. The molecule has 150 valence electrons. The van der Waals surface area contributed by atoms with E-state index in [9.17, 15) is 0 Å². The Bertz CT molecular complexity index is 918. The van der Waals surface area contributed by atoms with Crippen LogP contribution in [0.25, 0.3) is 5.70 Å². The smallest absolute Gasteiger partial charge is 0.201 e. The van der Waals surface area contributed by atoms with Gasteiger partial charge in [-0.3, -0.25) is 4.98 Å². The lowest BCUT2D eigenvalue weighted by atomic mass is 10.0. The fourth-order valence-electron chi connectivity index (χ4n) is 4.24. The normalized spacial score (nSPS) is 21.7. The first kappa shape index (κ1) is 18.1. The Morgan fingerprint density at radius 2 is 1.79 bits per heavy atom. The summed E-state index contributed by atoms with van der Waals surface area (Å²) >= 11 is 0. The lowest BCUT2D eigenvalue weighted by Crippen LogP contribution is -2.55. The van der Waals surface area contributed by atoms with Crippen molar-refractivity contribution in [3.63, 3.8) is 0 Å². The largest absolute Gasteiger partial charge is 0.378 e. The molecule has 0 saturated carbocycles. The van der Waals surface area contributed by atoms with Gasteiger partial charge in [-0.2, -0.15) is 0 Å². The van der Waals surface area contributed by atoms with Crippen LogP contribution in [0.2, 0.25) is 0 Å². The third-order valence-electron chi connectivity index (χ3n) is 5.82. The molecular weight excluding hydrogens is 364 g/mol. The molecule has 4 heterocycles. The third-order valence-corrected chi connectivity index (χ3v) is 5.82. The average molecular weight is 390 g/mol. The Labute approximate surface area is 170 Å². The zero-order valence-corrected chi connectivity index (χ0v) is 16.4. The second kappa shape index (κ2) is 7.85. The number of ether oxygens (including phenoxy) is 1. The Hall–Kier alpha value is -2.90. The lowest BCUT2D eigenvalue weighted by Gasteiger charge is -2.37. The van der Waals surface area contributed by atoms with Crippen molar-refractivity contribution < 1.29 is 4.74 Å². The maximum Gasteiger partial charge on any atom is 0.201 e. The first-order chi connectivity index (χ1) is 14.3. The standard InChI is InChI=1S/C22H26N6O/c23-15-16-1-3-17(4-2-16)20-19-7-10-28(18-5-8-24-9-6-18)21(19)26-22(25-20)27-11-13-29-14-12-27/h1-6,8-9,21H,7,10-15,23H2,(H,25,26). The van der Waals surface area contributed by atoms with Crippen molar-refractivity contribution in [2.45, 2.75) is 19.1 Å². The number of anilines is 1. The molecule has 0 amide bonds. The molecule has 7 heteroatoms. The van der Waals surface area contributed by atoms with E-state index in [2.05, 4.69) is 56.5 Å². The molecule has 0 bridgehead atoms. The molecule has 2 saturated heterocycles. The maximum absolute atomic E-state index is 5.79. The highest BCUT2D eigenvalue weighted by atomic mass is 16.5. The van der Waals surface area contributed by atoms with E-state index < -0.39 is 0 Å². The van der Waals surface area contributed by atoms with Crippen LogP contribution >= 0.6 is 0 Å². The molecule has 3 aliphatic heterocycles. The summed E-state index contributed by atoms with van der Waals surface area (Å²) in [6.07, 6.45) is 4.78. The molecule has 0 aliphatic carbocycles. The quantitative estimate of drug-likeness (QED) is 0.832. The van der Waals surface area contributed by atoms with Gasteiger partial charge in [0.15, 0.2) is 0 Å². The molecular formula is C22H26N6O. The number of hydrogen-bond donors (Lipinski definition) is 2. The first-order valence-corrected chi connectivity index (χ1v) is 10.2. The minimum Gasteiger partial charge on any atom is -0.378 e. The zero-order valence-electron chi connectivity index (χ0n) is 16.4. The molecule has 1 atom stereocenters. The van der Waals surface area contributed by atoms with Crippen molar-refractivity contribution in [1.82, 2.24) is 15.2 Å². The Morgan fingerprint density at radius 1 is 1.03 bits per heavy atom. The molecule has 3 N–H and O–H groups in total. The van der Waals surface area contributed by atoms with E-state index >= 15 is 0 Å². The summed E-state index contributed by atoms with van der Waals surface area (Å²) in [6, 6.07) is 12.6. The predicted molar refractivity (Wildman–Crippen MR) is 114 cm³/mol. The fraction of sp³-hybridized carbons (Fsp3) is 0.364. The van der Waals surface area contributed by atoms with Crippen LogP contribution in [0.4, 0.5) is 5.69 Å². The summed E-state index contributed by atoms with van der Waals surface area (Å²) in [5.41, 5.74) is 11.6. The maximum atomic E-state index is 5.79. The van der Waals surface area contributed by atoms with Crippen LogP contribution in [0.1, 0.15) is 17.5 Å². The highest BCUT2D eigenvalue weighted by Crippen LogP contribution is 2.36. The van der Waals surface area contributed by atoms with Gasteiger partial charge in [0.1, 0.15) is 6.17 Å². The van der Waals surface area contributed by atoms with Gasteiger partial charge in [0.2, 0.25) is 5.96 Å². The van der Waals surface area contributed by atoms with Crippen LogP contribution in [0.15, 0.2) is 59.4 Å². The van der Waals surface area contributed by atoms with Crippen LogP contribution in [0.5, 0.6) is 0 Å². The molecule has 2 aromatic rings. The van der Waals surface area contributed by atoms with Crippen LogP contribution in [-0.4, -0.2) is 54.9 Å². The Balaban J connectivity index is 1.55. The van der Waals surface area contributed by atoms with Gasteiger partial charge in [-0.05, 0) is 24.1 Å². The van der Waals surface area contributed by atoms with Gasteiger partial charge in [0.05, 0.1) is 18.9 Å². The number of pyridine rings is 1.